The van der Waals surface area contributed by atoms with Gasteiger partial charge in [0.15, 0.2) is 0 Å². The molecule has 0 aliphatic heterocycles. The van der Waals surface area contributed by atoms with Crippen LogP contribution in [0.1, 0.15) is 33.1 Å². The van der Waals surface area contributed by atoms with Crippen LogP contribution in [-0.4, -0.2) is 24.8 Å². The van der Waals surface area contributed by atoms with Crippen molar-refractivity contribution in [2.45, 2.75) is 44.5 Å². The van der Waals surface area contributed by atoms with Gasteiger partial charge in [-0.15, -0.1) is 0 Å². The lowest BCUT2D eigenvalue weighted by Crippen LogP contribution is -2.43. The van der Waals surface area contributed by atoms with E-state index in [2.05, 4.69) is 20.9 Å². The predicted octanol–water partition coefficient (Wildman–Crippen LogP) is 5.71. The highest BCUT2D eigenvalue weighted by atomic mass is 79.9. The van der Waals surface area contributed by atoms with Gasteiger partial charge in [0, 0.05) is 16.1 Å². The van der Waals surface area contributed by atoms with Crippen molar-refractivity contribution in [2.75, 3.05) is 0 Å². The lowest BCUT2D eigenvalue weighted by atomic mass is 9.76. The molecular formula is C19H21BrF3NO3S. The average Bonchev–Trinajstić information content (AvgIpc) is 2.59. The molecule has 4 nitrogen and oxygen atoms in total. The molecule has 1 saturated carbocycles. The number of hydrogen-bond acceptors (Lipinski definition) is 4. The number of halogens is 4. The van der Waals surface area contributed by atoms with Crippen LogP contribution < -0.4 is 4.18 Å². The largest absolute Gasteiger partial charge is 0.391 e. The first-order valence-electron chi connectivity index (χ1n) is 9.02. The molecule has 0 bridgehead atoms. The zero-order valence-electron chi connectivity index (χ0n) is 15.4. The van der Waals surface area contributed by atoms with Gasteiger partial charge in [-0.05, 0) is 71.3 Å². The van der Waals surface area contributed by atoms with E-state index in [0.717, 1.165) is 4.47 Å². The summed E-state index contributed by atoms with van der Waals surface area (Å²) in [6.45, 7) is 3.67. The van der Waals surface area contributed by atoms with Crippen molar-refractivity contribution < 1.29 is 25.8 Å². The smallest absolute Gasteiger partial charge is 0.382 e. The standard InChI is InChI=1S/C19H21BrF3NO3S/c1-11(2)16-5-3-13(19(21,22)23)9-18(16)28(25,26)27-15-4-6-17-12(8-15)7-14(20)10-24-17/h4,6-8,10-11,13,16,18H,3,5,9H2,1-2H3. The van der Waals surface area contributed by atoms with Gasteiger partial charge in [-0.3, -0.25) is 4.98 Å². The third-order valence-corrected chi connectivity index (χ3v) is 7.51. The maximum absolute atomic E-state index is 13.2. The lowest BCUT2D eigenvalue weighted by molar-refractivity contribution is -0.184. The second-order valence-electron chi connectivity index (χ2n) is 7.58. The summed E-state index contributed by atoms with van der Waals surface area (Å²) >= 11 is 3.30. The van der Waals surface area contributed by atoms with E-state index in [-0.39, 0.29) is 30.4 Å². The van der Waals surface area contributed by atoms with Crippen LogP contribution in [0.4, 0.5) is 13.2 Å². The minimum absolute atomic E-state index is 0.0476. The highest BCUT2D eigenvalue weighted by molar-refractivity contribution is 9.10. The fraction of sp³-hybridized carbons (Fsp3) is 0.526. The predicted molar refractivity (Wildman–Crippen MR) is 105 cm³/mol. The van der Waals surface area contributed by atoms with E-state index in [1.54, 1.807) is 18.3 Å². The summed E-state index contributed by atoms with van der Waals surface area (Å²) in [4.78, 5) is 4.20. The topological polar surface area (TPSA) is 56.3 Å². The molecule has 3 unspecified atom stereocenters. The molecule has 1 aromatic heterocycles. The van der Waals surface area contributed by atoms with Crippen LogP contribution in [0, 0.1) is 17.8 Å². The van der Waals surface area contributed by atoms with Crippen LogP contribution in [0.15, 0.2) is 34.9 Å². The van der Waals surface area contributed by atoms with E-state index in [1.807, 2.05) is 13.8 Å². The maximum atomic E-state index is 13.2. The molecule has 0 N–H and O–H groups in total. The molecule has 1 aliphatic carbocycles. The van der Waals surface area contributed by atoms with Gasteiger partial charge in [-0.1, -0.05) is 13.8 Å². The van der Waals surface area contributed by atoms with Crippen molar-refractivity contribution in [2.24, 2.45) is 17.8 Å². The second-order valence-corrected chi connectivity index (χ2v) is 10.3. The quantitative estimate of drug-likeness (QED) is 0.527. The molecule has 0 amide bonds. The molecule has 1 heterocycles. The number of nitrogens with zero attached hydrogens (tertiary/aromatic N) is 1. The van der Waals surface area contributed by atoms with Crippen molar-refractivity contribution >= 4 is 37.0 Å². The Morgan fingerprint density at radius 2 is 1.93 bits per heavy atom. The van der Waals surface area contributed by atoms with Crippen molar-refractivity contribution in [1.82, 2.24) is 4.98 Å². The fourth-order valence-electron chi connectivity index (χ4n) is 3.88. The van der Waals surface area contributed by atoms with Gasteiger partial charge in [0.1, 0.15) is 11.0 Å². The third-order valence-electron chi connectivity index (χ3n) is 5.36. The van der Waals surface area contributed by atoms with E-state index in [0.29, 0.717) is 10.9 Å². The summed E-state index contributed by atoms with van der Waals surface area (Å²) in [7, 11) is -4.23. The average molecular weight is 480 g/mol. The molecule has 28 heavy (non-hydrogen) atoms. The molecule has 3 rings (SSSR count). The van der Waals surface area contributed by atoms with Crippen LogP contribution in [0.2, 0.25) is 0 Å². The van der Waals surface area contributed by atoms with Crippen LogP contribution >= 0.6 is 15.9 Å². The van der Waals surface area contributed by atoms with Gasteiger partial charge in [-0.2, -0.15) is 21.6 Å². The Balaban J connectivity index is 1.90. The first-order chi connectivity index (χ1) is 13.0. The van der Waals surface area contributed by atoms with Gasteiger partial charge in [-0.25, -0.2) is 0 Å². The van der Waals surface area contributed by atoms with Gasteiger partial charge in [0.25, 0.3) is 0 Å². The Morgan fingerprint density at radius 3 is 2.57 bits per heavy atom. The van der Waals surface area contributed by atoms with Crippen LogP contribution in [-0.2, 0) is 10.1 Å². The number of benzene rings is 1. The fourth-order valence-corrected chi connectivity index (χ4v) is 6.07. The molecule has 1 aromatic carbocycles. The van der Waals surface area contributed by atoms with Crippen molar-refractivity contribution in [3.05, 3.63) is 34.9 Å². The number of fused-ring (bicyclic) bond motifs is 1. The van der Waals surface area contributed by atoms with E-state index < -0.39 is 33.9 Å². The summed E-state index contributed by atoms with van der Waals surface area (Å²) in [5, 5.41) is -0.525. The van der Waals surface area contributed by atoms with E-state index in [1.165, 1.54) is 12.1 Å². The first kappa shape index (κ1) is 21.4. The lowest BCUT2D eigenvalue weighted by Gasteiger charge is -2.37. The van der Waals surface area contributed by atoms with Gasteiger partial charge in [0.2, 0.25) is 0 Å². The molecule has 154 valence electrons. The molecular weight excluding hydrogens is 459 g/mol. The van der Waals surface area contributed by atoms with Crippen LogP contribution in [0.25, 0.3) is 10.9 Å². The summed E-state index contributed by atoms with van der Waals surface area (Å²) in [6.07, 6.45) is -3.09. The maximum Gasteiger partial charge on any atom is 0.391 e. The van der Waals surface area contributed by atoms with Crippen molar-refractivity contribution in [1.29, 1.82) is 0 Å². The van der Waals surface area contributed by atoms with Gasteiger partial charge >= 0.3 is 16.3 Å². The number of pyridine rings is 1. The molecule has 9 heteroatoms. The molecule has 3 atom stereocenters. The van der Waals surface area contributed by atoms with Crippen LogP contribution in [0.3, 0.4) is 0 Å². The first-order valence-corrected chi connectivity index (χ1v) is 11.3. The molecule has 1 aliphatic rings. The third kappa shape index (κ3) is 4.62. The number of aromatic nitrogens is 1. The summed E-state index contributed by atoms with van der Waals surface area (Å²) in [6, 6.07) is 6.37. The Bertz CT molecular complexity index is 963. The SMILES string of the molecule is CC(C)C1CCC(C(F)(F)F)CC1S(=O)(=O)Oc1ccc2ncc(Br)cc2c1. The Labute approximate surface area is 170 Å². The molecule has 0 spiro atoms. The van der Waals surface area contributed by atoms with E-state index in [4.69, 9.17) is 4.18 Å². The molecule has 0 radical (unpaired) electrons. The number of rotatable bonds is 4. The Kier molecular flexibility index (Phi) is 5.96. The van der Waals surface area contributed by atoms with Gasteiger partial charge in [0.05, 0.1) is 11.4 Å². The Morgan fingerprint density at radius 1 is 1.21 bits per heavy atom. The minimum Gasteiger partial charge on any atom is -0.382 e. The summed E-state index contributed by atoms with van der Waals surface area (Å²) in [5.41, 5.74) is 0.655. The summed E-state index contributed by atoms with van der Waals surface area (Å²) < 4.78 is 71.5. The zero-order valence-corrected chi connectivity index (χ0v) is 17.8. The van der Waals surface area contributed by atoms with E-state index >= 15 is 0 Å². The second kappa shape index (κ2) is 7.82. The Hall–Kier alpha value is -1.35. The monoisotopic (exact) mass is 479 g/mol. The highest BCUT2D eigenvalue weighted by Crippen LogP contribution is 2.44. The molecule has 0 saturated heterocycles. The van der Waals surface area contributed by atoms with Crippen molar-refractivity contribution in [3.8, 4) is 5.75 Å². The number of hydrogen-bond donors (Lipinski definition) is 0. The normalized spacial score (nSPS) is 23.9. The zero-order chi connectivity index (χ0) is 20.7. The summed E-state index contributed by atoms with van der Waals surface area (Å²) in [5.74, 6) is -1.99. The van der Waals surface area contributed by atoms with Crippen molar-refractivity contribution in [3.63, 3.8) is 0 Å². The highest BCUT2D eigenvalue weighted by Gasteiger charge is 2.49. The minimum atomic E-state index is -4.41. The van der Waals surface area contributed by atoms with E-state index in [9.17, 15) is 21.6 Å². The number of alkyl halides is 3. The van der Waals surface area contributed by atoms with Gasteiger partial charge < -0.3 is 4.18 Å². The molecule has 1 fully saturated rings. The molecule has 2 aromatic rings. The van der Waals surface area contributed by atoms with Crippen LogP contribution in [0.5, 0.6) is 5.75 Å².